The van der Waals surface area contributed by atoms with Crippen molar-refractivity contribution < 1.29 is 4.79 Å². The number of amides is 1. The minimum absolute atomic E-state index is 0.0329. The van der Waals surface area contributed by atoms with Gasteiger partial charge in [-0.3, -0.25) is 9.59 Å². The van der Waals surface area contributed by atoms with E-state index in [1.807, 2.05) is 11.0 Å². The summed E-state index contributed by atoms with van der Waals surface area (Å²) in [5.74, 6) is 1.08. The monoisotopic (exact) mass is 317 g/mol. The second kappa shape index (κ2) is 6.10. The van der Waals surface area contributed by atoms with Crippen molar-refractivity contribution in [2.75, 3.05) is 13.1 Å². The third-order valence-corrected chi connectivity index (χ3v) is 4.92. The number of rotatable bonds is 3. The minimum atomic E-state index is -0.0600. The fourth-order valence-corrected chi connectivity index (χ4v) is 3.15. The summed E-state index contributed by atoms with van der Waals surface area (Å²) in [5, 5.41) is 4.55. The van der Waals surface area contributed by atoms with Gasteiger partial charge in [-0.1, -0.05) is 20.8 Å². The zero-order valence-corrected chi connectivity index (χ0v) is 14.4. The average molecular weight is 317 g/mol. The number of piperidine rings is 1. The van der Waals surface area contributed by atoms with Crippen LogP contribution in [0.15, 0.2) is 16.9 Å². The van der Waals surface area contributed by atoms with Gasteiger partial charge in [0.15, 0.2) is 0 Å². The number of carbonyl (C=O) groups is 1. The Bertz CT molecular complexity index is 632. The van der Waals surface area contributed by atoms with Gasteiger partial charge >= 0.3 is 0 Å². The zero-order valence-electron chi connectivity index (χ0n) is 14.4. The second-order valence-corrected chi connectivity index (χ2v) is 8.03. The molecule has 1 aliphatic heterocycles. The van der Waals surface area contributed by atoms with Gasteiger partial charge in [0.05, 0.1) is 5.69 Å². The second-order valence-electron chi connectivity index (χ2n) is 8.03. The van der Waals surface area contributed by atoms with Crippen LogP contribution in [0.3, 0.4) is 0 Å². The largest absolute Gasteiger partial charge is 0.342 e. The molecule has 126 valence electrons. The van der Waals surface area contributed by atoms with Crippen molar-refractivity contribution in [3.63, 3.8) is 0 Å². The summed E-state index contributed by atoms with van der Waals surface area (Å²) < 4.78 is 1.61. The third kappa shape index (κ3) is 3.82. The summed E-state index contributed by atoms with van der Waals surface area (Å²) in [6, 6.07) is 3.45. The van der Waals surface area contributed by atoms with Crippen molar-refractivity contribution >= 4 is 5.91 Å². The molecule has 0 spiro atoms. The van der Waals surface area contributed by atoms with Crippen molar-refractivity contribution in [1.82, 2.24) is 14.7 Å². The van der Waals surface area contributed by atoms with Gasteiger partial charge in [0, 0.05) is 37.0 Å². The molecule has 1 saturated carbocycles. The maximum Gasteiger partial charge on any atom is 0.266 e. The zero-order chi connectivity index (χ0) is 16.6. The first-order chi connectivity index (χ1) is 10.8. The van der Waals surface area contributed by atoms with Gasteiger partial charge in [-0.05, 0) is 37.7 Å². The van der Waals surface area contributed by atoms with Crippen LogP contribution in [0.4, 0.5) is 0 Å². The number of hydrogen-bond acceptors (Lipinski definition) is 3. The molecule has 5 nitrogen and oxygen atoms in total. The number of likely N-dealkylation sites (tertiary alicyclic amines) is 1. The van der Waals surface area contributed by atoms with Gasteiger partial charge < -0.3 is 4.90 Å². The Morgan fingerprint density at radius 2 is 1.83 bits per heavy atom. The summed E-state index contributed by atoms with van der Waals surface area (Å²) in [5.41, 5.74) is 0.850. The highest BCUT2D eigenvalue weighted by Gasteiger charge is 2.35. The Morgan fingerprint density at radius 3 is 2.39 bits per heavy atom. The molecule has 23 heavy (non-hydrogen) atoms. The van der Waals surface area contributed by atoms with Gasteiger partial charge in [-0.15, -0.1) is 0 Å². The van der Waals surface area contributed by atoms with E-state index in [4.69, 9.17) is 0 Å². The maximum absolute atomic E-state index is 12.1. The van der Waals surface area contributed by atoms with Crippen LogP contribution in [-0.2, 0) is 16.8 Å². The molecule has 0 radical (unpaired) electrons. The Kier molecular flexibility index (Phi) is 4.30. The van der Waals surface area contributed by atoms with E-state index in [0.717, 1.165) is 44.5 Å². The molecule has 1 saturated heterocycles. The van der Waals surface area contributed by atoms with Crippen LogP contribution in [-0.4, -0.2) is 33.7 Å². The first kappa shape index (κ1) is 16.2. The predicted octanol–water partition coefficient (Wildman–Crippen LogP) is 2.19. The number of hydrogen-bond donors (Lipinski definition) is 0. The molecule has 0 unspecified atom stereocenters. The van der Waals surface area contributed by atoms with Crippen LogP contribution in [0, 0.1) is 11.8 Å². The molecular weight excluding hydrogens is 290 g/mol. The summed E-state index contributed by atoms with van der Waals surface area (Å²) in [6.07, 6.45) is 4.06. The van der Waals surface area contributed by atoms with E-state index in [2.05, 4.69) is 25.9 Å². The molecule has 0 atom stereocenters. The number of aromatic nitrogens is 2. The molecule has 2 fully saturated rings. The highest BCUT2D eigenvalue weighted by atomic mass is 16.2. The molecule has 3 rings (SSSR count). The van der Waals surface area contributed by atoms with Crippen LogP contribution in [0.2, 0.25) is 0 Å². The first-order valence-corrected chi connectivity index (χ1v) is 8.72. The minimum Gasteiger partial charge on any atom is -0.342 e. The molecule has 0 bridgehead atoms. The van der Waals surface area contributed by atoms with E-state index in [1.165, 1.54) is 0 Å². The van der Waals surface area contributed by atoms with Gasteiger partial charge in [0.1, 0.15) is 0 Å². The first-order valence-electron chi connectivity index (χ1n) is 8.72. The molecule has 0 N–H and O–H groups in total. The fourth-order valence-electron chi connectivity index (χ4n) is 3.15. The van der Waals surface area contributed by atoms with Crippen LogP contribution in [0.25, 0.3) is 0 Å². The lowest BCUT2D eigenvalue weighted by Gasteiger charge is -2.32. The molecule has 5 heteroatoms. The molecule has 1 aromatic heterocycles. The smallest absolute Gasteiger partial charge is 0.266 e. The van der Waals surface area contributed by atoms with E-state index < -0.39 is 0 Å². The van der Waals surface area contributed by atoms with Gasteiger partial charge in [0.25, 0.3) is 5.56 Å². The van der Waals surface area contributed by atoms with Gasteiger partial charge in [-0.25, -0.2) is 4.68 Å². The number of nitrogens with zero attached hydrogens (tertiary/aromatic N) is 3. The van der Waals surface area contributed by atoms with Crippen LogP contribution < -0.4 is 5.56 Å². The average Bonchev–Trinajstić information content (AvgIpc) is 3.33. The summed E-state index contributed by atoms with van der Waals surface area (Å²) in [7, 11) is 0. The summed E-state index contributed by atoms with van der Waals surface area (Å²) >= 11 is 0. The maximum atomic E-state index is 12.1. The molecule has 1 aromatic rings. The van der Waals surface area contributed by atoms with E-state index in [-0.39, 0.29) is 11.0 Å². The molecule has 2 aliphatic rings. The SMILES string of the molecule is CC(C)(C)c1ccc(=O)n(CC2CCN(C(=O)C3CC3)CC2)n1. The summed E-state index contributed by atoms with van der Waals surface area (Å²) in [4.78, 5) is 26.2. The number of carbonyl (C=O) groups excluding carboxylic acids is 1. The Hall–Kier alpha value is -1.65. The Morgan fingerprint density at radius 1 is 1.17 bits per heavy atom. The summed E-state index contributed by atoms with van der Waals surface area (Å²) in [6.45, 7) is 8.63. The Labute approximate surface area is 137 Å². The molecule has 1 amide bonds. The highest BCUT2D eigenvalue weighted by molar-refractivity contribution is 5.81. The lowest BCUT2D eigenvalue weighted by Crippen LogP contribution is -2.41. The van der Waals surface area contributed by atoms with Crippen molar-refractivity contribution in [2.45, 2.75) is 58.4 Å². The van der Waals surface area contributed by atoms with Gasteiger partial charge in [0.2, 0.25) is 5.91 Å². The highest BCUT2D eigenvalue weighted by Crippen LogP contribution is 2.32. The van der Waals surface area contributed by atoms with Crippen molar-refractivity contribution in [3.05, 3.63) is 28.2 Å². The molecule has 1 aliphatic carbocycles. The van der Waals surface area contributed by atoms with Gasteiger partial charge in [-0.2, -0.15) is 5.10 Å². The normalized spacial score (nSPS) is 19.9. The van der Waals surface area contributed by atoms with E-state index in [9.17, 15) is 9.59 Å². The fraction of sp³-hybridized carbons (Fsp3) is 0.722. The van der Waals surface area contributed by atoms with Crippen molar-refractivity contribution in [1.29, 1.82) is 0 Å². The van der Waals surface area contributed by atoms with E-state index in [0.29, 0.717) is 24.3 Å². The predicted molar refractivity (Wildman–Crippen MR) is 89.2 cm³/mol. The van der Waals surface area contributed by atoms with E-state index in [1.54, 1.807) is 10.7 Å². The van der Waals surface area contributed by atoms with Crippen LogP contribution in [0.1, 0.15) is 52.1 Å². The molecule has 0 aromatic carbocycles. The quantitative estimate of drug-likeness (QED) is 0.859. The standard InChI is InChI=1S/C18H27N3O2/c1-18(2,3)15-6-7-16(22)21(19-15)12-13-8-10-20(11-9-13)17(23)14-4-5-14/h6-7,13-14H,4-5,8-12H2,1-3H3. The van der Waals surface area contributed by atoms with Crippen LogP contribution >= 0.6 is 0 Å². The van der Waals surface area contributed by atoms with Crippen molar-refractivity contribution in [2.24, 2.45) is 11.8 Å². The van der Waals surface area contributed by atoms with Crippen molar-refractivity contribution in [3.8, 4) is 0 Å². The van der Waals surface area contributed by atoms with E-state index >= 15 is 0 Å². The Balaban J connectivity index is 1.62. The molecule has 2 heterocycles. The lowest BCUT2D eigenvalue weighted by molar-refractivity contribution is -0.134. The topological polar surface area (TPSA) is 55.2 Å². The van der Waals surface area contributed by atoms with Crippen LogP contribution in [0.5, 0.6) is 0 Å². The molecular formula is C18H27N3O2. The third-order valence-electron chi connectivity index (χ3n) is 4.92. The lowest BCUT2D eigenvalue weighted by atomic mass is 9.92.